The maximum atomic E-state index is 6.11. The van der Waals surface area contributed by atoms with Gasteiger partial charge in [-0.3, -0.25) is 0 Å². The van der Waals surface area contributed by atoms with Crippen LogP contribution in [0.15, 0.2) is 30.7 Å². The molecule has 0 aliphatic heterocycles. The van der Waals surface area contributed by atoms with E-state index in [0.29, 0.717) is 15.9 Å². The van der Waals surface area contributed by atoms with Crippen LogP contribution >= 0.6 is 34.8 Å². The molecule has 0 aliphatic rings. The maximum Gasteiger partial charge on any atom is 0.115 e. The van der Waals surface area contributed by atoms with E-state index in [1.165, 1.54) is 6.33 Å². The normalized spacial score (nSPS) is 10.4. The number of hydrogen-bond donors (Lipinski definition) is 0. The van der Waals surface area contributed by atoms with E-state index in [9.17, 15) is 0 Å². The molecule has 0 aliphatic carbocycles. The van der Waals surface area contributed by atoms with E-state index >= 15 is 0 Å². The van der Waals surface area contributed by atoms with Crippen LogP contribution in [0.4, 0.5) is 0 Å². The summed E-state index contributed by atoms with van der Waals surface area (Å²) < 4.78 is 0. The van der Waals surface area contributed by atoms with Crippen molar-refractivity contribution in [3.63, 3.8) is 0 Å². The highest BCUT2D eigenvalue weighted by Gasteiger charge is 2.09. The molecule has 0 saturated carbocycles. The maximum absolute atomic E-state index is 6.11. The van der Waals surface area contributed by atoms with Crippen molar-refractivity contribution >= 4 is 34.8 Å². The summed E-state index contributed by atoms with van der Waals surface area (Å²) in [4.78, 5) is 8.07. The molecule has 0 bridgehead atoms. The van der Waals surface area contributed by atoms with E-state index in [1.807, 2.05) is 6.07 Å². The summed E-state index contributed by atoms with van der Waals surface area (Å²) in [7, 11) is 0. The molecule has 2 nitrogen and oxygen atoms in total. The third-order valence-electron chi connectivity index (χ3n) is 2.14. The van der Waals surface area contributed by atoms with Crippen molar-refractivity contribution in [3.8, 4) is 11.1 Å². The van der Waals surface area contributed by atoms with Gasteiger partial charge in [0, 0.05) is 27.4 Å². The molecule has 2 rings (SSSR count). The second-order valence-electron chi connectivity index (χ2n) is 3.14. The lowest BCUT2D eigenvalue weighted by Gasteiger charge is -2.07. The Balaban J connectivity index is 2.58. The molecule has 0 saturated heterocycles. The van der Waals surface area contributed by atoms with Gasteiger partial charge in [-0.15, -0.1) is 11.6 Å². The largest absolute Gasteiger partial charge is 0.244 e. The topological polar surface area (TPSA) is 25.8 Å². The van der Waals surface area contributed by atoms with Crippen molar-refractivity contribution in [1.82, 2.24) is 9.97 Å². The van der Waals surface area contributed by atoms with E-state index in [2.05, 4.69) is 9.97 Å². The molecule has 0 unspecified atom stereocenters. The first-order chi connectivity index (χ1) is 7.72. The molecule has 0 amide bonds. The predicted octanol–water partition coefficient (Wildman–Crippen LogP) is 4.19. The van der Waals surface area contributed by atoms with Crippen LogP contribution in [0, 0.1) is 0 Å². The van der Waals surface area contributed by atoms with Crippen LogP contribution in [0.3, 0.4) is 0 Å². The zero-order valence-electron chi connectivity index (χ0n) is 8.12. The van der Waals surface area contributed by atoms with Crippen LogP contribution < -0.4 is 0 Å². The molecule has 0 N–H and O–H groups in total. The van der Waals surface area contributed by atoms with Gasteiger partial charge in [-0.1, -0.05) is 29.3 Å². The van der Waals surface area contributed by atoms with E-state index in [1.54, 1.807) is 18.3 Å². The van der Waals surface area contributed by atoms with Crippen molar-refractivity contribution in [2.24, 2.45) is 0 Å². The van der Waals surface area contributed by atoms with Gasteiger partial charge in [0.2, 0.25) is 0 Å². The highest BCUT2D eigenvalue weighted by Crippen LogP contribution is 2.31. The van der Waals surface area contributed by atoms with Gasteiger partial charge in [0.1, 0.15) is 6.33 Å². The van der Waals surface area contributed by atoms with Crippen molar-refractivity contribution in [1.29, 1.82) is 0 Å². The van der Waals surface area contributed by atoms with Crippen molar-refractivity contribution in [3.05, 3.63) is 46.5 Å². The second-order valence-corrected chi connectivity index (χ2v) is 4.25. The van der Waals surface area contributed by atoms with Crippen LogP contribution in [-0.4, -0.2) is 9.97 Å². The number of hydrogen-bond acceptors (Lipinski definition) is 2. The van der Waals surface area contributed by atoms with Crippen LogP contribution in [0.25, 0.3) is 11.1 Å². The van der Waals surface area contributed by atoms with Crippen LogP contribution in [0.5, 0.6) is 0 Å². The number of nitrogens with zero attached hydrogens (tertiary/aromatic N) is 2. The number of rotatable bonds is 2. The summed E-state index contributed by atoms with van der Waals surface area (Å²) in [5, 5.41) is 1.16. The lowest BCUT2D eigenvalue weighted by Crippen LogP contribution is -1.92. The Morgan fingerprint density at radius 1 is 1.12 bits per heavy atom. The molecule has 0 atom stereocenters. The Kier molecular flexibility index (Phi) is 3.64. The van der Waals surface area contributed by atoms with Gasteiger partial charge in [0.25, 0.3) is 0 Å². The van der Waals surface area contributed by atoms with Gasteiger partial charge >= 0.3 is 0 Å². The molecule has 0 radical (unpaired) electrons. The fourth-order valence-electron chi connectivity index (χ4n) is 1.39. The molecular formula is C11H7Cl3N2. The highest BCUT2D eigenvalue weighted by molar-refractivity contribution is 6.36. The number of alkyl halides is 1. The fraction of sp³-hybridized carbons (Fsp3) is 0.0909. The van der Waals surface area contributed by atoms with Gasteiger partial charge in [-0.2, -0.15) is 0 Å². The minimum absolute atomic E-state index is 0.316. The summed E-state index contributed by atoms with van der Waals surface area (Å²) in [5.41, 5.74) is 2.42. The summed E-state index contributed by atoms with van der Waals surface area (Å²) in [6, 6.07) is 5.29. The molecule has 1 aromatic carbocycles. The van der Waals surface area contributed by atoms with Crippen molar-refractivity contribution in [2.75, 3.05) is 0 Å². The number of benzene rings is 1. The molecule has 5 heteroatoms. The smallest absolute Gasteiger partial charge is 0.115 e. The minimum atomic E-state index is 0.316. The molecule has 16 heavy (non-hydrogen) atoms. The average molecular weight is 274 g/mol. The zero-order chi connectivity index (χ0) is 11.5. The summed E-state index contributed by atoms with van der Waals surface area (Å²) >= 11 is 17.8. The first-order valence-electron chi connectivity index (χ1n) is 4.52. The van der Waals surface area contributed by atoms with E-state index in [-0.39, 0.29) is 0 Å². The third kappa shape index (κ3) is 2.29. The molecule has 1 aromatic heterocycles. The van der Waals surface area contributed by atoms with E-state index < -0.39 is 0 Å². The van der Waals surface area contributed by atoms with Crippen molar-refractivity contribution in [2.45, 2.75) is 5.88 Å². The Morgan fingerprint density at radius 2 is 1.94 bits per heavy atom. The SMILES string of the molecule is ClCc1ncncc1-c1ccc(Cl)cc1Cl. The predicted molar refractivity (Wildman–Crippen MR) is 67.0 cm³/mol. The lowest BCUT2D eigenvalue weighted by atomic mass is 10.1. The van der Waals surface area contributed by atoms with Gasteiger partial charge in [-0.25, -0.2) is 9.97 Å². The van der Waals surface area contributed by atoms with Gasteiger partial charge in [0.15, 0.2) is 0 Å². The summed E-state index contributed by atoms with van der Waals surface area (Å²) in [6.07, 6.45) is 3.16. The molecule has 0 fully saturated rings. The molecule has 0 spiro atoms. The minimum Gasteiger partial charge on any atom is -0.244 e. The Hall–Kier alpha value is -0.830. The fourth-order valence-corrected chi connectivity index (χ4v) is 2.12. The Bertz CT molecular complexity index is 514. The second kappa shape index (κ2) is 5.00. The van der Waals surface area contributed by atoms with E-state index in [0.717, 1.165) is 16.8 Å². The molecule has 82 valence electrons. The van der Waals surface area contributed by atoms with Gasteiger partial charge < -0.3 is 0 Å². The lowest BCUT2D eigenvalue weighted by molar-refractivity contribution is 1.09. The monoisotopic (exact) mass is 272 g/mol. The van der Waals surface area contributed by atoms with Crippen LogP contribution in [-0.2, 0) is 5.88 Å². The van der Waals surface area contributed by atoms with Crippen LogP contribution in [0.2, 0.25) is 10.0 Å². The quantitative estimate of drug-likeness (QED) is 0.767. The Labute approximate surface area is 108 Å². The zero-order valence-corrected chi connectivity index (χ0v) is 10.4. The summed E-state index contributed by atoms with van der Waals surface area (Å²) in [5.74, 6) is 0.316. The molecule has 1 heterocycles. The van der Waals surface area contributed by atoms with Crippen molar-refractivity contribution < 1.29 is 0 Å². The summed E-state index contributed by atoms with van der Waals surface area (Å²) in [6.45, 7) is 0. The molecular weight excluding hydrogens is 266 g/mol. The highest BCUT2D eigenvalue weighted by atomic mass is 35.5. The number of halogens is 3. The number of aromatic nitrogens is 2. The van der Waals surface area contributed by atoms with Gasteiger partial charge in [-0.05, 0) is 12.1 Å². The first kappa shape index (κ1) is 11.6. The van der Waals surface area contributed by atoms with Crippen LogP contribution in [0.1, 0.15) is 5.69 Å². The van der Waals surface area contributed by atoms with Gasteiger partial charge in [0.05, 0.1) is 11.6 Å². The molecule has 2 aromatic rings. The van der Waals surface area contributed by atoms with E-state index in [4.69, 9.17) is 34.8 Å². The Morgan fingerprint density at radius 3 is 2.62 bits per heavy atom. The first-order valence-corrected chi connectivity index (χ1v) is 5.81. The standard InChI is InChI=1S/C11H7Cl3N2/c12-4-11-9(5-15-6-16-11)8-2-1-7(13)3-10(8)14/h1-3,5-6H,4H2. The average Bonchev–Trinajstić information content (AvgIpc) is 2.29. The third-order valence-corrected chi connectivity index (χ3v) is 2.94.